The van der Waals surface area contributed by atoms with Crippen molar-refractivity contribution in [1.29, 1.82) is 0 Å². The minimum absolute atomic E-state index is 0.000459. The van der Waals surface area contributed by atoms with Gasteiger partial charge in [0.15, 0.2) is 5.78 Å². The first-order valence-corrected chi connectivity index (χ1v) is 7.74. The number of carbonyl (C=O) groups is 2. The molecule has 1 heterocycles. The molecule has 1 unspecified atom stereocenters. The van der Waals surface area contributed by atoms with E-state index in [0.717, 1.165) is 5.56 Å². The predicted molar refractivity (Wildman–Crippen MR) is 91.2 cm³/mol. The molecule has 0 saturated heterocycles. The summed E-state index contributed by atoms with van der Waals surface area (Å²) in [5.74, 6) is 0.509. The zero-order valence-corrected chi connectivity index (χ0v) is 14.3. The second kappa shape index (κ2) is 6.77. The number of rotatable bonds is 3. The van der Waals surface area contributed by atoms with Gasteiger partial charge in [-0.05, 0) is 40.2 Å². The van der Waals surface area contributed by atoms with Crippen LogP contribution in [-0.4, -0.2) is 28.6 Å². The number of allylic oxidation sites excluding steroid dienone is 1. The minimum Gasteiger partial charge on any atom is -0.335 e. The van der Waals surface area contributed by atoms with Crippen LogP contribution in [0, 0.1) is 0 Å². The molecule has 2 rings (SSSR count). The summed E-state index contributed by atoms with van der Waals surface area (Å²) in [5, 5.41) is 2.89. The first-order valence-electron chi connectivity index (χ1n) is 7.74. The van der Waals surface area contributed by atoms with Gasteiger partial charge in [0.05, 0.1) is 6.04 Å². The summed E-state index contributed by atoms with van der Waals surface area (Å²) in [6.07, 6.45) is 0. The molecule has 0 fully saturated rings. The van der Waals surface area contributed by atoms with Crippen LogP contribution in [0.4, 0.5) is 4.79 Å². The number of nitrogens with zero attached hydrogens (tertiary/aromatic N) is 2. The molecule has 23 heavy (non-hydrogen) atoms. The van der Waals surface area contributed by atoms with E-state index in [9.17, 15) is 9.59 Å². The Kier molecular flexibility index (Phi) is 4.98. The molecular formula is C18H23N3O2. The average Bonchev–Trinajstić information content (AvgIpc) is 2.45. The van der Waals surface area contributed by atoms with E-state index in [1.165, 1.54) is 6.92 Å². The van der Waals surface area contributed by atoms with Crippen molar-refractivity contribution in [3.05, 3.63) is 47.2 Å². The number of aliphatic imine (C=N–C) groups is 1. The van der Waals surface area contributed by atoms with Gasteiger partial charge in [0.1, 0.15) is 5.84 Å². The Morgan fingerprint density at radius 3 is 2.30 bits per heavy atom. The molecule has 0 radical (unpaired) electrons. The molecule has 1 N–H and O–H groups in total. The van der Waals surface area contributed by atoms with E-state index in [1.807, 2.05) is 51.1 Å². The Labute approximate surface area is 137 Å². The third kappa shape index (κ3) is 3.50. The maximum Gasteiger partial charge on any atom is 0.323 e. The maximum atomic E-state index is 12.7. The number of urea groups is 1. The summed E-state index contributed by atoms with van der Waals surface area (Å²) < 4.78 is 0. The van der Waals surface area contributed by atoms with Crippen molar-refractivity contribution in [2.45, 2.75) is 46.7 Å². The van der Waals surface area contributed by atoms with Crippen LogP contribution in [0.25, 0.3) is 0 Å². The molecular weight excluding hydrogens is 290 g/mol. The van der Waals surface area contributed by atoms with Gasteiger partial charge in [-0.25, -0.2) is 9.79 Å². The van der Waals surface area contributed by atoms with E-state index in [-0.39, 0.29) is 17.9 Å². The predicted octanol–water partition coefficient (Wildman–Crippen LogP) is 3.44. The molecule has 0 saturated carbocycles. The van der Waals surface area contributed by atoms with Crippen LogP contribution in [0.2, 0.25) is 0 Å². The van der Waals surface area contributed by atoms with Crippen molar-refractivity contribution in [3.63, 3.8) is 0 Å². The molecule has 1 atom stereocenters. The standard InChI is InChI=1S/C18H23N3O2/c1-11(2)19-18(23)21-14(5)20-12(3)16(13(4)22)17(21)15-9-7-6-8-10-15/h6-11,17H,1-5H3,(H,19,23). The summed E-state index contributed by atoms with van der Waals surface area (Å²) in [6, 6.07) is 8.87. The van der Waals surface area contributed by atoms with Gasteiger partial charge in [0.2, 0.25) is 0 Å². The Hall–Kier alpha value is -2.43. The van der Waals surface area contributed by atoms with Crippen LogP contribution in [0.15, 0.2) is 46.6 Å². The lowest BCUT2D eigenvalue weighted by Crippen LogP contribution is -2.49. The summed E-state index contributed by atoms with van der Waals surface area (Å²) in [6.45, 7) is 8.92. The minimum atomic E-state index is -0.454. The van der Waals surface area contributed by atoms with Crippen LogP contribution in [0.3, 0.4) is 0 Å². The Morgan fingerprint density at radius 1 is 1.17 bits per heavy atom. The van der Waals surface area contributed by atoms with Gasteiger partial charge in [0, 0.05) is 17.3 Å². The highest BCUT2D eigenvalue weighted by molar-refractivity contribution is 6.04. The highest BCUT2D eigenvalue weighted by Gasteiger charge is 2.36. The zero-order chi connectivity index (χ0) is 17.1. The molecule has 2 amide bonds. The van der Waals surface area contributed by atoms with Crippen molar-refractivity contribution < 1.29 is 9.59 Å². The molecule has 0 aromatic heterocycles. The highest BCUT2D eigenvalue weighted by atomic mass is 16.2. The van der Waals surface area contributed by atoms with Crippen molar-refractivity contribution in [3.8, 4) is 0 Å². The molecule has 5 nitrogen and oxygen atoms in total. The first-order chi connectivity index (χ1) is 10.8. The molecule has 1 aromatic rings. The quantitative estimate of drug-likeness (QED) is 0.929. The van der Waals surface area contributed by atoms with E-state index in [2.05, 4.69) is 10.3 Å². The maximum absolute atomic E-state index is 12.7. The van der Waals surface area contributed by atoms with Crippen LogP contribution < -0.4 is 5.32 Å². The van der Waals surface area contributed by atoms with Crippen molar-refractivity contribution in [2.24, 2.45) is 4.99 Å². The van der Waals surface area contributed by atoms with Gasteiger partial charge in [0.25, 0.3) is 0 Å². The SMILES string of the molecule is CC(=O)C1=C(C)N=C(C)N(C(=O)NC(C)C)C1c1ccccc1. The van der Waals surface area contributed by atoms with Gasteiger partial charge in [-0.2, -0.15) is 0 Å². The first kappa shape index (κ1) is 16.9. The Bertz CT molecular complexity index is 675. The number of benzene rings is 1. The normalized spacial score (nSPS) is 18.1. The lowest BCUT2D eigenvalue weighted by Gasteiger charge is -2.36. The fourth-order valence-corrected chi connectivity index (χ4v) is 2.85. The van der Waals surface area contributed by atoms with Gasteiger partial charge >= 0.3 is 6.03 Å². The third-order valence-electron chi connectivity index (χ3n) is 3.73. The Morgan fingerprint density at radius 2 is 1.78 bits per heavy atom. The number of hydrogen-bond donors (Lipinski definition) is 1. The number of amidine groups is 1. The van der Waals surface area contributed by atoms with Gasteiger partial charge < -0.3 is 5.32 Å². The molecule has 1 aliphatic rings. The summed E-state index contributed by atoms with van der Waals surface area (Å²) >= 11 is 0. The summed E-state index contributed by atoms with van der Waals surface area (Å²) in [5.41, 5.74) is 2.11. The summed E-state index contributed by atoms with van der Waals surface area (Å²) in [7, 11) is 0. The van der Waals surface area contributed by atoms with E-state index in [1.54, 1.807) is 11.8 Å². The van der Waals surface area contributed by atoms with E-state index in [4.69, 9.17) is 0 Å². The fraction of sp³-hybridized carbons (Fsp3) is 0.389. The average molecular weight is 313 g/mol. The molecule has 1 aromatic carbocycles. The van der Waals surface area contributed by atoms with Crippen LogP contribution in [0.1, 0.15) is 46.2 Å². The number of hydrogen-bond acceptors (Lipinski definition) is 3. The van der Waals surface area contributed by atoms with Gasteiger partial charge in [-0.1, -0.05) is 30.3 Å². The highest BCUT2D eigenvalue weighted by Crippen LogP contribution is 2.35. The molecule has 0 bridgehead atoms. The van der Waals surface area contributed by atoms with Crippen LogP contribution in [0.5, 0.6) is 0 Å². The molecule has 1 aliphatic heterocycles. The molecule has 122 valence electrons. The van der Waals surface area contributed by atoms with Crippen molar-refractivity contribution in [1.82, 2.24) is 10.2 Å². The smallest absolute Gasteiger partial charge is 0.323 e. The van der Waals surface area contributed by atoms with Crippen molar-refractivity contribution in [2.75, 3.05) is 0 Å². The number of ketones is 1. The molecule has 5 heteroatoms. The monoisotopic (exact) mass is 313 g/mol. The van der Waals surface area contributed by atoms with Crippen molar-refractivity contribution >= 4 is 17.6 Å². The second-order valence-corrected chi connectivity index (χ2v) is 6.00. The number of nitrogens with one attached hydrogen (secondary N) is 1. The lowest BCUT2D eigenvalue weighted by atomic mass is 9.91. The fourth-order valence-electron chi connectivity index (χ4n) is 2.85. The number of amides is 2. The Balaban J connectivity index is 2.57. The second-order valence-electron chi connectivity index (χ2n) is 6.00. The van der Waals surface area contributed by atoms with Gasteiger partial charge in [-0.15, -0.1) is 0 Å². The third-order valence-corrected chi connectivity index (χ3v) is 3.73. The topological polar surface area (TPSA) is 61.8 Å². The zero-order valence-electron chi connectivity index (χ0n) is 14.3. The van der Waals surface area contributed by atoms with E-state index in [0.29, 0.717) is 17.1 Å². The van der Waals surface area contributed by atoms with Crippen LogP contribution >= 0.6 is 0 Å². The van der Waals surface area contributed by atoms with E-state index >= 15 is 0 Å². The molecule has 0 aliphatic carbocycles. The van der Waals surface area contributed by atoms with Gasteiger partial charge in [-0.3, -0.25) is 9.69 Å². The van der Waals surface area contributed by atoms with E-state index < -0.39 is 6.04 Å². The molecule has 0 spiro atoms. The van der Waals surface area contributed by atoms with Crippen LogP contribution in [-0.2, 0) is 4.79 Å². The summed E-state index contributed by atoms with van der Waals surface area (Å²) in [4.78, 5) is 30.9. The largest absolute Gasteiger partial charge is 0.335 e. The number of Topliss-reactive ketones (excluding diaryl/α,β-unsaturated/α-hetero) is 1. The number of carbonyl (C=O) groups excluding carboxylic acids is 2. The lowest BCUT2D eigenvalue weighted by molar-refractivity contribution is -0.114.